The molecule has 0 heterocycles. The number of ketones is 2. The molecule has 30 heavy (non-hydrogen) atoms. The van der Waals surface area contributed by atoms with Crippen LogP contribution in [0.4, 0.5) is 0 Å². The minimum absolute atomic E-state index is 0.101. The number of carboxylic acid groups (broad SMARTS) is 1. The van der Waals surface area contributed by atoms with Crippen molar-refractivity contribution < 1.29 is 19.5 Å². The largest absolute Gasteiger partial charge is 0.481 e. The number of allylic oxidation sites excluding steroid dienone is 4. The molecule has 0 aromatic rings. The highest BCUT2D eigenvalue weighted by atomic mass is 16.4. The minimum Gasteiger partial charge on any atom is -0.481 e. The number of carbonyl (C=O) groups is 3. The van der Waals surface area contributed by atoms with Gasteiger partial charge in [-0.05, 0) is 80.3 Å². The molecule has 6 rings (SSSR count). The molecule has 3 saturated carbocycles. The van der Waals surface area contributed by atoms with Crippen molar-refractivity contribution in [2.75, 3.05) is 0 Å². The van der Waals surface area contributed by atoms with Gasteiger partial charge in [-0.15, -0.1) is 0 Å². The Morgan fingerprint density at radius 1 is 1.07 bits per heavy atom. The molecule has 0 aliphatic heterocycles. The Bertz CT molecular complexity index is 897. The maximum atomic E-state index is 13.2. The smallest absolute Gasteiger partial charge is 0.309 e. The molecule has 0 aromatic heterocycles. The first-order valence-corrected chi connectivity index (χ1v) is 11.8. The van der Waals surface area contributed by atoms with Gasteiger partial charge in [-0.1, -0.05) is 38.8 Å². The zero-order valence-corrected chi connectivity index (χ0v) is 18.6. The molecule has 1 N–H and O–H groups in total. The van der Waals surface area contributed by atoms with Crippen molar-refractivity contribution in [3.05, 3.63) is 23.8 Å². The Balaban J connectivity index is 1.68. The SMILES string of the molecule is CC(C)C1=C[C@]23CC[C@H]4[C@](C)(CCC[C@@]4(C)C(=O)O)[C@@H]2C[C@@H]1[C@H]1C(=O)C=CC(=O)[C@@H]13. The number of aliphatic carboxylic acids is 1. The maximum absolute atomic E-state index is 13.2. The van der Waals surface area contributed by atoms with Gasteiger partial charge in [0.2, 0.25) is 0 Å². The van der Waals surface area contributed by atoms with Crippen LogP contribution in [0.1, 0.15) is 66.2 Å². The third kappa shape index (κ3) is 2.26. The Morgan fingerprint density at radius 2 is 1.77 bits per heavy atom. The molecule has 0 saturated heterocycles. The summed E-state index contributed by atoms with van der Waals surface area (Å²) >= 11 is 0. The van der Waals surface area contributed by atoms with E-state index in [4.69, 9.17) is 0 Å². The van der Waals surface area contributed by atoms with E-state index in [0.29, 0.717) is 5.92 Å². The van der Waals surface area contributed by atoms with Gasteiger partial charge in [0.1, 0.15) is 0 Å². The van der Waals surface area contributed by atoms with Crippen molar-refractivity contribution in [1.82, 2.24) is 0 Å². The average Bonchev–Trinajstić information content (AvgIpc) is 2.69. The molecule has 0 aromatic carbocycles. The van der Waals surface area contributed by atoms with Gasteiger partial charge in [0.05, 0.1) is 5.41 Å². The Morgan fingerprint density at radius 3 is 2.43 bits per heavy atom. The molecule has 0 unspecified atom stereocenters. The molecular formula is C26H34O4. The lowest BCUT2D eigenvalue weighted by atomic mass is 9.33. The van der Waals surface area contributed by atoms with Gasteiger partial charge in [-0.3, -0.25) is 14.4 Å². The molecule has 3 fully saturated rings. The van der Waals surface area contributed by atoms with Gasteiger partial charge in [0.25, 0.3) is 0 Å². The summed E-state index contributed by atoms with van der Waals surface area (Å²) < 4.78 is 0. The first-order valence-electron chi connectivity index (χ1n) is 11.8. The maximum Gasteiger partial charge on any atom is 0.309 e. The molecule has 0 amide bonds. The summed E-state index contributed by atoms with van der Waals surface area (Å²) in [6.07, 6.45) is 10.8. The van der Waals surface area contributed by atoms with Crippen LogP contribution in [0.5, 0.6) is 0 Å². The third-order valence-electron chi connectivity index (χ3n) is 10.2. The highest BCUT2D eigenvalue weighted by Crippen LogP contribution is 2.73. The number of hydrogen-bond donors (Lipinski definition) is 1. The second-order valence-electron chi connectivity index (χ2n) is 11.6. The lowest BCUT2D eigenvalue weighted by molar-refractivity contribution is -0.197. The van der Waals surface area contributed by atoms with Crippen LogP contribution in [-0.4, -0.2) is 22.6 Å². The van der Waals surface area contributed by atoms with Crippen LogP contribution in [0.2, 0.25) is 0 Å². The van der Waals surface area contributed by atoms with Gasteiger partial charge in [-0.25, -0.2) is 0 Å². The number of hydrogen-bond acceptors (Lipinski definition) is 3. The fourth-order valence-electron chi connectivity index (χ4n) is 9.05. The zero-order chi connectivity index (χ0) is 21.6. The van der Waals surface area contributed by atoms with Crippen LogP contribution in [0.3, 0.4) is 0 Å². The highest BCUT2D eigenvalue weighted by molar-refractivity contribution is 6.08. The van der Waals surface area contributed by atoms with Crippen LogP contribution >= 0.6 is 0 Å². The van der Waals surface area contributed by atoms with E-state index >= 15 is 0 Å². The van der Waals surface area contributed by atoms with E-state index in [2.05, 4.69) is 26.8 Å². The van der Waals surface area contributed by atoms with Crippen molar-refractivity contribution >= 4 is 17.5 Å². The summed E-state index contributed by atoms with van der Waals surface area (Å²) in [4.78, 5) is 38.6. The van der Waals surface area contributed by atoms with Crippen molar-refractivity contribution in [3.63, 3.8) is 0 Å². The van der Waals surface area contributed by atoms with E-state index < -0.39 is 11.4 Å². The number of rotatable bonds is 2. The van der Waals surface area contributed by atoms with Gasteiger partial charge in [0, 0.05) is 17.3 Å². The van der Waals surface area contributed by atoms with E-state index in [1.807, 2.05) is 6.92 Å². The van der Waals surface area contributed by atoms with Crippen LogP contribution in [-0.2, 0) is 14.4 Å². The van der Waals surface area contributed by atoms with Gasteiger partial charge in [0.15, 0.2) is 11.6 Å². The van der Waals surface area contributed by atoms with Crippen molar-refractivity contribution in [3.8, 4) is 0 Å². The average molecular weight is 411 g/mol. The summed E-state index contributed by atoms with van der Waals surface area (Å²) in [5.41, 5.74) is 0.277. The number of fused-ring (bicyclic) bond motifs is 1. The molecule has 2 bridgehead atoms. The van der Waals surface area contributed by atoms with E-state index in [-0.39, 0.29) is 52.0 Å². The van der Waals surface area contributed by atoms with Crippen LogP contribution < -0.4 is 0 Å². The molecule has 0 radical (unpaired) electrons. The predicted octanol–water partition coefficient (Wildman–Crippen LogP) is 4.84. The normalized spacial score (nSPS) is 49.4. The topological polar surface area (TPSA) is 71.4 Å². The molecule has 8 atom stereocenters. The van der Waals surface area contributed by atoms with Crippen molar-refractivity contribution in [2.45, 2.75) is 66.2 Å². The molecule has 6 aliphatic carbocycles. The molecule has 4 heteroatoms. The predicted molar refractivity (Wildman–Crippen MR) is 114 cm³/mol. The lowest BCUT2D eigenvalue weighted by Gasteiger charge is -2.69. The lowest BCUT2D eigenvalue weighted by Crippen LogP contribution is -2.66. The molecule has 162 valence electrons. The van der Waals surface area contributed by atoms with Gasteiger partial charge in [-0.2, -0.15) is 0 Å². The fraction of sp³-hybridized carbons (Fsp3) is 0.731. The Kier molecular flexibility index (Phi) is 4.16. The molecule has 6 aliphatic rings. The fourth-order valence-corrected chi connectivity index (χ4v) is 9.05. The standard InChI is InChI=1S/C26H34O4/c1-14(2)16-13-26-11-8-19-24(3,9-5-10-25(19,4)23(29)30)20(26)12-15(16)21-17(27)6-7-18(28)22(21)26/h6-7,13-15,19-22H,5,8-12H2,1-4H3,(H,29,30)/t15-,19-,20-,21-,22-,24-,25+,26+/m0/s1. The monoisotopic (exact) mass is 410 g/mol. The summed E-state index contributed by atoms with van der Waals surface area (Å²) in [7, 11) is 0. The van der Waals surface area contributed by atoms with Gasteiger partial charge < -0.3 is 5.11 Å². The first-order chi connectivity index (χ1) is 14.1. The molecule has 4 nitrogen and oxygen atoms in total. The third-order valence-corrected chi connectivity index (χ3v) is 10.2. The summed E-state index contributed by atoms with van der Waals surface area (Å²) in [5, 5.41) is 10.1. The Hall–Kier alpha value is -1.71. The van der Waals surface area contributed by atoms with E-state index in [9.17, 15) is 19.5 Å². The molecular weight excluding hydrogens is 376 g/mol. The minimum atomic E-state index is -0.693. The van der Waals surface area contributed by atoms with Crippen LogP contribution in [0, 0.1) is 51.8 Å². The van der Waals surface area contributed by atoms with E-state index in [1.165, 1.54) is 17.7 Å². The summed E-state index contributed by atoms with van der Waals surface area (Å²) in [6, 6.07) is 0. The highest BCUT2D eigenvalue weighted by Gasteiger charge is 2.70. The van der Waals surface area contributed by atoms with Crippen molar-refractivity contribution in [1.29, 1.82) is 0 Å². The van der Waals surface area contributed by atoms with Crippen LogP contribution in [0.15, 0.2) is 23.8 Å². The number of carboxylic acids is 1. The van der Waals surface area contributed by atoms with Crippen molar-refractivity contribution in [2.24, 2.45) is 51.8 Å². The van der Waals surface area contributed by atoms with E-state index in [0.717, 1.165) is 38.5 Å². The summed E-state index contributed by atoms with van der Waals surface area (Å²) in [6.45, 7) is 8.67. The van der Waals surface area contributed by atoms with E-state index in [1.54, 1.807) is 0 Å². The van der Waals surface area contributed by atoms with Crippen LogP contribution in [0.25, 0.3) is 0 Å². The van der Waals surface area contributed by atoms with Gasteiger partial charge >= 0.3 is 5.97 Å². The second kappa shape index (κ2) is 6.17. The number of carbonyl (C=O) groups excluding carboxylic acids is 2. The zero-order valence-electron chi connectivity index (χ0n) is 18.6. The quantitative estimate of drug-likeness (QED) is 0.662. The summed E-state index contributed by atoms with van der Waals surface area (Å²) in [5.74, 6) is 0.00398. The second-order valence-corrected chi connectivity index (χ2v) is 11.6. The Labute approximate surface area is 179 Å². The molecule has 1 spiro atoms. The first kappa shape index (κ1) is 20.2.